The van der Waals surface area contributed by atoms with Gasteiger partial charge in [0.25, 0.3) is 0 Å². The van der Waals surface area contributed by atoms with Gasteiger partial charge in [0.05, 0.1) is 6.54 Å². The highest BCUT2D eigenvalue weighted by atomic mass is 19.1. The van der Waals surface area contributed by atoms with E-state index in [1.807, 2.05) is 0 Å². The molecule has 0 saturated heterocycles. The molecule has 0 heterocycles. The Labute approximate surface area is 75.8 Å². The van der Waals surface area contributed by atoms with Gasteiger partial charge in [0.2, 0.25) is 0 Å². The zero-order valence-corrected chi connectivity index (χ0v) is 7.31. The van der Waals surface area contributed by atoms with E-state index in [9.17, 15) is 4.39 Å². The van der Waals surface area contributed by atoms with Crippen molar-refractivity contribution in [2.24, 2.45) is 5.11 Å². The molecular formula is C9H10FN3. The molecule has 1 aromatic rings. The molecule has 1 unspecified atom stereocenters. The number of alkyl halides is 1. The molecule has 0 bridgehead atoms. The van der Waals surface area contributed by atoms with Crippen LogP contribution in [0.25, 0.3) is 10.4 Å². The van der Waals surface area contributed by atoms with Crippen LogP contribution in [0.15, 0.2) is 29.4 Å². The summed E-state index contributed by atoms with van der Waals surface area (Å²) in [7, 11) is 0. The monoisotopic (exact) mass is 179 g/mol. The maximum atomic E-state index is 12.7. The van der Waals surface area contributed by atoms with Crippen molar-refractivity contribution >= 4 is 0 Å². The van der Waals surface area contributed by atoms with Gasteiger partial charge in [-0.05, 0) is 23.6 Å². The lowest BCUT2D eigenvalue weighted by molar-refractivity contribution is 0.374. The number of hydrogen-bond donors (Lipinski definition) is 0. The second kappa shape index (κ2) is 4.48. The van der Waals surface area contributed by atoms with E-state index < -0.39 is 6.17 Å². The maximum Gasteiger partial charge on any atom is 0.122 e. The number of benzene rings is 1. The molecule has 0 aliphatic rings. The predicted molar refractivity (Wildman–Crippen MR) is 48.8 cm³/mol. The zero-order chi connectivity index (χ0) is 9.68. The summed E-state index contributed by atoms with van der Waals surface area (Å²) < 4.78 is 12.7. The second-order valence-corrected chi connectivity index (χ2v) is 2.75. The number of hydrogen-bond acceptors (Lipinski definition) is 1. The average molecular weight is 179 g/mol. The van der Waals surface area contributed by atoms with Gasteiger partial charge in [0, 0.05) is 4.91 Å². The van der Waals surface area contributed by atoms with Crippen molar-refractivity contribution in [1.82, 2.24) is 0 Å². The molecule has 0 aliphatic heterocycles. The predicted octanol–water partition coefficient (Wildman–Crippen LogP) is 3.53. The van der Waals surface area contributed by atoms with Gasteiger partial charge >= 0.3 is 0 Å². The summed E-state index contributed by atoms with van der Waals surface area (Å²) >= 11 is 0. The van der Waals surface area contributed by atoms with E-state index >= 15 is 0 Å². The minimum atomic E-state index is -0.950. The SMILES string of the molecule is CC(F)c1ccc(CN=[N+]=[N-])cc1. The highest BCUT2D eigenvalue weighted by Crippen LogP contribution is 2.16. The van der Waals surface area contributed by atoms with Crippen LogP contribution >= 0.6 is 0 Å². The molecule has 3 nitrogen and oxygen atoms in total. The summed E-state index contributed by atoms with van der Waals surface area (Å²) in [6.07, 6.45) is -0.950. The van der Waals surface area contributed by atoms with E-state index in [2.05, 4.69) is 10.0 Å². The third-order valence-corrected chi connectivity index (χ3v) is 1.76. The minimum Gasteiger partial charge on any atom is -0.243 e. The molecule has 1 atom stereocenters. The maximum absolute atomic E-state index is 12.7. The summed E-state index contributed by atoms with van der Waals surface area (Å²) in [5, 5.41) is 3.40. The van der Waals surface area contributed by atoms with Crippen molar-refractivity contribution in [2.75, 3.05) is 0 Å². The summed E-state index contributed by atoms with van der Waals surface area (Å²) in [5.41, 5.74) is 9.60. The molecule has 0 fully saturated rings. The average Bonchev–Trinajstić information content (AvgIpc) is 2.15. The van der Waals surface area contributed by atoms with E-state index in [0.717, 1.165) is 5.56 Å². The van der Waals surface area contributed by atoms with E-state index in [1.165, 1.54) is 6.92 Å². The second-order valence-electron chi connectivity index (χ2n) is 2.75. The molecule has 0 amide bonds. The molecule has 0 aliphatic carbocycles. The number of rotatable bonds is 3. The normalized spacial score (nSPS) is 11.8. The van der Waals surface area contributed by atoms with Crippen LogP contribution in [-0.4, -0.2) is 0 Å². The summed E-state index contributed by atoms with van der Waals surface area (Å²) in [6, 6.07) is 6.93. The van der Waals surface area contributed by atoms with Gasteiger partial charge in [-0.3, -0.25) is 0 Å². The van der Waals surface area contributed by atoms with Crippen molar-refractivity contribution in [2.45, 2.75) is 19.6 Å². The Bertz CT molecular complexity index is 312. The Morgan fingerprint density at radius 1 is 1.46 bits per heavy atom. The smallest absolute Gasteiger partial charge is 0.122 e. The first-order chi connectivity index (χ1) is 6.24. The topological polar surface area (TPSA) is 48.8 Å². The van der Waals surface area contributed by atoms with Crippen LogP contribution in [-0.2, 0) is 6.54 Å². The highest BCUT2D eigenvalue weighted by Gasteiger charge is 2.00. The lowest BCUT2D eigenvalue weighted by atomic mass is 10.1. The molecule has 0 radical (unpaired) electrons. The van der Waals surface area contributed by atoms with E-state index in [-0.39, 0.29) is 0 Å². The fourth-order valence-corrected chi connectivity index (χ4v) is 1.00. The van der Waals surface area contributed by atoms with Gasteiger partial charge < -0.3 is 0 Å². The van der Waals surface area contributed by atoms with Crippen molar-refractivity contribution < 1.29 is 4.39 Å². The Hall–Kier alpha value is -1.54. The first kappa shape index (κ1) is 9.55. The lowest BCUT2D eigenvalue weighted by Crippen LogP contribution is -1.86. The van der Waals surface area contributed by atoms with Crippen molar-refractivity contribution in [3.05, 3.63) is 45.8 Å². The van der Waals surface area contributed by atoms with Crippen LogP contribution in [0.2, 0.25) is 0 Å². The molecule has 1 rings (SSSR count). The zero-order valence-electron chi connectivity index (χ0n) is 7.31. The van der Waals surface area contributed by atoms with Crippen LogP contribution in [0.4, 0.5) is 4.39 Å². The molecular weight excluding hydrogens is 169 g/mol. The van der Waals surface area contributed by atoms with Crippen molar-refractivity contribution in [3.63, 3.8) is 0 Å². The van der Waals surface area contributed by atoms with E-state index in [0.29, 0.717) is 12.1 Å². The Morgan fingerprint density at radius 2 is 2.08 bits per heavy atom. The first-order valence-corrected chi connectivity index (χ1v) is 3.98. The van der Waals surface area contributed by atoms with Gasteiger partial charge in [-0.25, -0.2) is 4.39 Å². The van der Waals surface area contributed by atoms with Crippen LogP contribution in [0.3, 0.4) is 0 Å². The highest BCUT2D eigenvalue weighted by molar-refractivity contribution is 5.23. The van der Waals surface area contributed by atoms with Gasteiger partial charge in [-0.1, -0.05) is 29.4 Å². The third-order valence-electron chi connectivity index (χ3n) is 1.76. The lowest BCUT2D eigenvalue weighted by Gasteiger charge is -2.02. The van der Waals surface area contributed by atoms with E-state index in [4.69, 9.17) is 5.53 Å². The van der Waals surface area contributed by atoms with Crippen molar-refractivity contribution in [1.29, 1.82) is 0 Å². The van der Waals surface area contributed by atoms with Crippen LogP contribution in [0.5, 0.6) is 0 Å². The Balaban J connectivity index is 2.75. The molecule has 0 N–H and O–H groups in total. The minimum absolute atomic E-state index is 0.317. The summed E-state index contributed by atoms with van der Waals surface area (Å²) in [4.78, 5) is 2.64. The summed E-state index contributed by atoms with van der Waals surface area (Å²) in [6.45, 7) is 1.81. The molecule has 13 heavy (non-hydrogen) atoms. The summed E-state index contributed by atoms with van der Waals surface area (Å²) in [5.74, 6) is 0. The standard InChI is InChI=1S/C9H10FN3/c1-7(10)9-4-2-8(3-5-9)6-12-13-11/h2-5,7H,6H2,1H3. The van der Waals surface area contributed by atoms with Crippen LogP contribution < -0.4 is 0 Å². The molecule has 0 spiro atoms. The number of halogens is 1. The van der Waals surface area contributed by atoms with Gasteiger partial charge in [-0.15, -0.1) is 0 Å². The van der Waals surface area contributed by atoms with Gasteiger partial charge in [0.15, 0.2) is 0 Å². The van der Waals surface area contributed by atoms with Gasteiger partial charge in [0.1, 0.15) is 6.17 Å². The molecule has 1 aromatic carbocycles. The third kappa shape index (κ3) is 2.76. The number of azide groups is 1. The molecule has 0 aromatic heterocycles. The molecule has 4 heteroatoms. The van der Waals surface area contributed by atoms with Crippen molar-refractivity contribution in [3.8, 4) is 0 Å². The quantitative estimate of drug-likeness (QED) is 0.387. The molecule has 0 saturated carbocycles. The fraction of sp³-hybridized carbons (Fsp3) is 0.333. The first-order valence-electron chi connectivity index (χ1n) is 3.98. The fourth-order valence-electron chi connectivity index (χ4n) is 1.00. The number of nitrogens with zero attached hydrogens (tertiary/aromatic N) is 3. The van der Waals surface area contributed by atoms with E-state index in [1.54, 1.807) is 24.3 Å². The van der Waals surface area contributed by atoms with Gasteiger partial charge in [-0.2, -0.15) is 0 Å². The van der Waals surface area contributed by atoms with Crippen LogP contribution in [0.1, 0.15) is 24.2 Å². The Morgan fingerprint density at radius 3 is 2.54 bits per heavy atom. The molecule has 68 valence electrons. The largest absolute Gasteiger partial charge is 0.243 e. The van der Waals surface area contributed by atoms with Crippen LogP contribution in [0, 0.1) is 0 Å². The Kier molecular flexibility index (Phi) is 3.29.